The highest BCUT2D eigenvalue weighted by Gasteiger charge is 2.39. The summed E-state index contributed by atoms with van der Waals surface area (Å²) in [6.07, 6.45) is 0. The molecule has 1 aliphatic heterocycles. The topological polar surface area (TPSA) is 58.5 Å². The predicted molar refractivity (Wildman–Crippen MR) is 123 cm³/mol. The molecule has 0 saturated carbocycles. The van der Waals surface area contributed by atoms with E-state index in [2.05, 4.69) is 23.6 Å². The zero-order valence-corrected chi connectivity index (χ0v) is 19.0. The molecule has 2 heterocycles. The van der Waals surface area contributed by atoms with E-state index in [9.17, 15) is 0 Å². The second-order valence-electron chi connectivity index (χ2n) is 8.48. The molecule has 0 aliphatic carbocycles. The number of hydrogen-bond acceptors (Lipinski definition) is 5. The molecule has 1 saturated heterocycles. The van der Waals surface area contributed by atoms with Gasteiger partial charge in [-0.25, -0.2) is 4.98 Å². The number of benzene rings is 2. The van der Waals surface area contributed by atoms with Crippen LogP contribution in [0.15, 0.2) is 46.9 Å². The average molecular weight is 447 g/mol. The van der Waals surface area contributed by atoms with Gasteiger partial charge in [0.25, 0.3) is 0 Å². The summed E-state index contributed by atoms with van der Waals surface area (Å²) in [5.41, 5.74) is 9.10. The monoisotopic (exact) mass is 446 g/mol. The zero-order chi connectivity index (χ0) is 21.3. The van der Waals surface area contributed by atoms with Crippen LogP contribution in [0.3, 0.4) is 0 Å². The average Bonchev–Trinajstić information content (AvgIpc) is 3.17. The molecule has 1 aliphatic rings. The lowest BCUT2D eigenvalue weighted by Crippen LogP contribution is -2.56. The maximum Gasteiger partial charge on any atom is 0.217 e. The van der Waals surface area contributed by atoms with Crippen LogP contribution in [0.25, 0.3) is 11.1 Å². The summed E-state index contributed by atoms with van der Waals surface area (Å²) in [5.74, 6) is 0.816. The third-order valence-electron chi connectivity index (χ3n) is 6.06. The van der Waals surface area contributed by atoms with Gasteiger partial charge < -0.3 is 10.2 Å². The van der Waals surface area contributed by atoms with E-state index < -0.39 is 5.54 Å². The molecule has 1 fully saturated rings. The lowest BCUT2D eigenvalue weighted by molar-refractivity contribution is 0.0839. The number of piperazine rings is 1. The Kier molecular flexibility index (Phi) is 6.37. The quantitative estimate of drug-likeness (QED) is 0.591. The molecule has 2 N–H and O–H groups in total. The van der Waals surface area contributed by atoms with Gasteiger partial charge >= 0.3 is 0 Å². The summed E-state index contributed by atoms with van der Waals surface area (Å²) in [4.78, 5) is 9.56. The predicted octanol–water partition coefficient (Wildman–Crippen LogP) is 4.76. The van der Waals surface area contributed by atoms with Gasteiger partial charge in [0, 0.05) is 39.3 Å². The molecule has 2 aromatic carbocycles. The molecule has 1 unspecified atom stereocenters. The Balaban J connectivity index is 1.41. The van der Waals surface area contributed by atoms with Gasteiger partial charge in [0.05, 0.1) is 10.0 Å². The lowest BCUT2D eigenvalue weighted by atomic mass is 9.86. The summed E-state index contributed by atoms with van der Waals surface area (Å²) in [6, 6.07) is 13.7. The maximum absolute atomic E-state index is 6.91. The highest BCUT2D eigenvalue weighted by molar-refractivity contribution is 6.42. The van der Waals surface area contributed by atoms with Crippen LogP contribution in [-0.4, -0.2) is 47.5 Å². The first-order chi connectivity index (χ1) is 14.3. The van der Waals surface area contributed by atoms with Gasteiger partial charge in [-0.05, 0) is 35.7 Å². The van der Waals surface area contributed by atoms with Crippen LogP contribution in [0.4, 0.5) is 0 Å². The third kappa shape index (κ3) is 4.51. The number of oxazole rings is 1. The molecule has 0 amide bonds. The van der Waals surface area contributed by atoms with Crippen LogP contribution in [0, 0.1) is 5.92 Å². The van der Waals surface area contributed by atoms with Crippen LogP contribution in [0.1, 0.15) is 25.3 Å². The molecule has 4 rings (SSSR count). The molecular formula is C23H28Cl2N4O. The molecule has 5 nitrogen and oxygen atoms in total. The van der Waals surface area contributed by atoms with E-state index in [1.807, 2.05) is 42.5 Å². The van der Waals surface area contributed by atoms with Gasteiger partial charge in [0.2, 0.25) is 5.89 Å². The summed E-state index contributed by atoms with van der Waals surface area (Å²) in [5, 5.41) is 1.20. The highest BCUT2D eigenvalue weighted by atomic mass is 35.5. The number of nitrogens with two attached hydrogens (primary N) is 1. The molecule has 30 heavy (non-hydrogen) atoms. The van der Waals surface area contributed by atoms with Crippen molar-refractivity contribution in [2.45, 2.75) is 25.9 Å². The molecule has 1 atom stereocenters. The van der Waals surface area contributed by atoms with Gasteiger partial charge in [-0.1, -0.05) is 55.2 Å². The van der Waals surface area contributed by atoms with Crippen molar-refractivity contribution < 1.29 is 4.42 Å². The molecule has 160 valence electrons. The standard InChI is InChI=1S/C23H28Cl2N4O/c1-16(2)23(26,22-27-20-5-3-4-6-21(20)30-22)15-29-11-9-28(10-12-29)14-17-7-8-18(24)19(25)13-17/h3-8,13,16H,9-12,14-15,26H2,1-2H3. The Morgan fingerprint density at radius 3 is 2.40 bits per heavy atom. The zero-order valence-electron chi connectivity index (χ0n) is 17.4. The number of para-hydroxylation sites is 2. The molecule has 0 spiro atoms. The van der Waals surface area contributed by atoms with Gasteiger partial charge in [-0.2, -0.15) is 0 Å². The van der Waals surface area contributed by atoms with Crippen LogP contribution >= 0.6 is 23.2 Å². The van der Waals surface area contributed by atoms with Crippen LogP contribution in [0.2, 0.25) is 10.0 Å². The molecule has 1 aromatic heterocycles. The van der Waals surface area contributed by atoms with E-state index in [1.54, 1.807) is 0 Å². The van der Waals surface area contributed by atoms with Crippen LogP contribution in [0.5, 0.6) is 0 Å². The van der Waals surface area contributed by atoms with E-state index in [0.29, 0.717) is 15.9 Å². The van der Waals surface area contributed by atoms with E-state index in [-0.39, 0.29) is 5.92 Å². The normalized spacial score (nSPS) is 18.2. The van der Waals surface area contributed by atoms with E-state index in [1.165, 1.54) is 5.56 Å². The lowest BCUT2D eigenvalue weighted by Gasteiger charge is -2.40. The summed E-state index contributed by atoms with van der Waals surface area (Å²) in [7, 11) is 0. The van der Waals surface area contributed by atoms with Crippen molar-refractivity contribution in [3.05, 3.63) is 64.0 Å². The van der Waals surface area contributed by atoms with Crippen molar-refractivity contribution in [3.8, 4) is 0 Å². The number of nitrogens with zero attached hydrogens (tertiary/aromatic N) is 3. The Labute approximate surface area is 187 Å². The second-order valence-corrected chi connectivity index (χ2v) is 9.30. The first-order valence-corrected chi connectivity index (χ1v) is 11.1. The second kappa shape index (κ2) is 8.85. The van der Waals surface area contributed by atoms with Crippen molar-refractivity contribution in [2.75, 3.05) is 32.7 Å². The molecule has 3 aromatic rings. The summed E-state index contributed by atoms with van der Waals surface area (Å²) < 4.78 is 6.06. The number of fused-ring (bicyclic) bond motifs is 1. The number of rotatable bonds is 6. The van der Waals surface area contributed by atoms with E-state index in [0.717, 1.165) is 50.4 Å². The van der Waals surface area contributed by atoms with Gasteiger partial charge in [-0.3, -0.25) is 9.80 Å². The molecular weight excluding hydrogens is 419 g/mol. The van der Waals surface area contributed by atoms with Crippen molar-refractivity contribution >= 4 is 34.3 Å². The van der Waals surface area contributed by atoms with Crippen molar-refractivity contribution in [3.63, 3.8) is 0 Å². The Hall–Kier alpha value is -1.63. The molecule has 0 bridgehead atoms. The minimum absolute atomic E-state index is 0.194. The van der Waals surface area contributed by atoms with E-state index >= 15 is 0 Å². The van der Waals surface area contributed by atoms with Crippen LogP contribution < -0.4 is 5.73 Å². The smallest absolute Gasteiger partial charge is 0.217 e. The largest absolute Gasteiger partial charge is 0.439 e. The van der Waals surface area contributed by atoms with Crippen LogP contribution in [-0.2, 0) is 12.1 Å². The molecule has 7 heteroatoms. The van der Waals surface area contributed by atoms with E-state index in [4.69, 9.17) is 38.3 Å². The molecule has 0 radical (unpaired) electrons. The third-order valence-corrected chi connectivity index (χ3v) is 6.80. The maximum atomic E-state index is 6.91. The minimum Gasteiger partial charge on any atom is -0.439 e. The van der Waals surface area contributed by atoms with Crippen molar-refractivity contribution in [1.29, 1.82) is 0 Å². The van der Waals surface area contributed by atoms with Gasteiger partial charge in [-0.15, -0.1) is 0 Å². The minimum atomic E-state index is -0.634. The van der Waals surface area contributed by atoms with Gasteiger partial charge in [0.1, 0.15) is 11.1 Å². The van der Waals surface area contributed by atoms with Crippen molar-refractivity contribution in [2.24, 2.45) is 11.7 Å². The Bertz CT molecular complexity index is 980. The first kappa shape index (κ1) is 21.6. The number of halogens is 2. The highest BCUT2D eigenvalue weighted by Crippen LogP contribution is 2.31. The first-order valence-electron chi connectivity index (χ1n) is 10.4. The van der Waals surface area contributed by atoms with Gasteiger partial charge in [0.15, 0.2) is 5.58 Å². The number of aromatic nitrogens is 1. The fraction of sp³-hybridized carbons (Fsp3) is 0.435. The Morgan fingerprint density at radius 2 is 1.73 bits per heavy atom. The SMILES string of the molecule is CC(C)C(N)(CN1CCN(Cc2ccc(Cl)c(Cl)c2)CC1)c1nc2ccccc2o1. The Morgan fingerprint density at radius 1 is 1.03 bits per heavy atom. The fourth-order valence-corrected chi connectivity index (χ4v) is 4.26. The summed E-state index contributed by atoms with van der Waals surface area (Å²) >= 11 is 12.2. The summed E-state index contributed by atoms with van der Waals surface area (Å²) in [6.45, 7) is 9.71. The fourth-order valence-electron chi connectivity index (χ4n) is 3.94. The van der Waals surface area contributed by atoms with Crippen molar-refractivity contribution in [1.82, 2.24) is 14.8 Å². The number of hydrogen-bond donors (Lipinski definition) is 1.